The van der Waals surface area contributed by atoms with Crippen LogP contribution in [-0.2, 0) is 15.5 Å². The molecule has 7 nitrogen and oxygen atoms in total. The van der Waals surface area contributed by atoms with Crippen molar-refractivity contribution in [3.8, 4) is 0 Å². The Morgan fingerprint density at radius 1 is 1.12 bits per heavy atom. The number of carbonyl (C=O) groups excluding carboxylic acids is 1. The minimum atomic E-state index is -2.11. The molecule has 1 fully saturated rings. The molecule has 0 amide bonds. The van der Waals surface area contributed by atoms with Crippen LogP contribution in [0.4, 0.5) is 5.82 Å². The maximum absolute atomic E-state index is 13.4. The molecule has 230 valence electrons. The molecule has 2 N–H and O–H groups in total. The van der Waals surface area contributed by atoms with E-state index in [1.807, 2.05) is 5.38 Å². The summed E-state index contributed by atoms with van der Waals surface area (Å²) in [6, 6.07) is 1.84. The number of nitrogens with one attached hydrogen (secondary N) is 1. The summed E-state index contributed by atoms with van der Waals surface area (Å²) >= 11 is 1.33. The summed E-state index contributed by atoms with van der Waals surface area (Å²) in [4.78, 5) is 22.6. The normalized spacial score (nSPS) is 20.4. The van der Waals surface area contributed by atoms with Crippen molar-refractivity contribution in [3.63, 3.8) is 0 Å². The number of aliphatic hydroxyl groups is 1. The Hall–Kier alpha value is -1.44. The molecule has 10 heteroatoms. The molecule has 0 spiro atoms. The monoisotopic (exact) mass is 619 g/mol. The van der Waals surface area contributed by atoms with Crippen molar-refractivity contribution in [2.45, 2.75) is 129 Å². The Kier molecular flexibility index (Phi) is 11.2. The Labute approximate surface area is 254 Å². The molecule has 3 atom stereocenters. The highest BCUT2D eigenvalue weighted by molar-refractivity contribution is 7.12. The lowest BCUT2D eigenvalue weighted by molar-refractivity contribution is 0.0971. The highest BCUT2D eigenvalue weighted by Crippen LogP contribution is 2.46. The van der Waals surface area contributed by atoms with Crippen LogP contribution in [0.2, 0.25) is 34.8 Å². The van der Waals surface area contributed by atoms with Gasteiger partial charge in [-0.15, -0.1) is 11.3 Å². The largest absolute Gasteiger partial charge is 0.416 e. The van der Waals surface area contributed by atoms with Gasteiger partial charge in [-0.3, -0.25) is 4.79 Å². The number of anilines is 1. The third-order valence-electron chi connectivity index (χ3n) is 9.51. The van der Waals surface area contributed by atoms with Crippen molar-refractivity contribution in [3.05, 3.63) is 40.0 Å². The SMILES string of the molecule is CC(C)[Si](O[C@H]1C[C@H](Nc2ncncc2C(=O)c2cc(CO)cs2)C[C@@H]1CO[Si](C)(C)C(C)(C)C)(C(C)C)C(C)C. The van der Waals surface area contributed by atoms with E-state index in [2.05, 4.69) is 90.7 Å². The van der Waals surface area contributed by atoms with Gasteiger partial charge in [-0.1, -0.05) is 62.3 Å². The summed E-state index contributed by atoms with van der Waals surface area (Å²) in [5.41, 5.74) is 2.68. The van der Waals surface area contributed by atoms with E-state index in [0.29, 0.717) is 39.5 Å². The number of nitrogens with zero attached hydrogens (tertiary/aromatic N) is 2. The first-order valence-corrected chi connectivity index (χ1v) is 21.1. The van der Waals surface area contributed by atoms with Crippen molar-refractivity contribution < 1.29 is 18.8 Å². The summed E-state index contributed by atoms with van der Waals surface area (Å²) in [5.74, 6) is 0.682. The molecule has 2 aromatic heterocycles. The van der Waals surface area contributed by atoms with Crippen LogP contribution in [0, 0.1) is 5.92 Å². The maximum Gasteiger partial charge on any atom is 0.208 e. The molecular weight excluding hydrogens is 567 g/mol. The first kappa shape index (κ1) is 34.1. The van der Waals surface area contributed by atoms with Crippen LogP contribution in [0.15, 0.2) is 24.0 Å². The van der Waals surface area contributed by atoms with Crippen molar-refractivity contribution in [2.75, 3.05) is 11.9 Å². The average molecular weight is 620 g/mol. The van der Waals surface area contributed by atoms with Crippen LogP contribution < -0.4 is 5.32 Å². The number of thiophene rings is 1. The molecule has 2 aromatic rings. The van der Waals surface area contributed by atoms with Crippen molar-refractivity contribution in [2.24, 2.45) is 5.92 Å². The second-order valence-electron chi connectivity index (χ2n) is 14.2. The molecule has 2 heterocycles. The predicted molar refractivity (Wildman–Crippen MR) is 175 cm³/mol. The van der Waals surface area contributed by atoms with Gasteiger partial charge in [0.2, 0.25) is 14.1 Å². The minimum Gasteiger partial charge on any atom is -0.416 e. The fourth-order valence-corrected chi connectivity index (χ4v) is 13.8. The van der Waals surface area contributed by atoms with Gasteiger partial charge >= 0.3 is 0 Å². The van der Waals surface area contributed by atoms with Crippen molar-refractivity contribution >= 4 is 39.6 Å². The van der Waals surface area contributed by atoms with Crippen LogP contribution in [0.1, 0.15) is 96.0 Å². The van der Waals surface area contributed by atoms with Crippen LogP contribution in [0.25, 0.3) is 0 Å². The number of aliphatic hydroxyl groups excluding tert-OH is 1. The summed E-state index contributed by atoms with van der Waals surface area (Å²) in [6.45, 7) is 26.1. The van der Waals surface area contributed by atoms with E-state index < -0.39 is 16.6 Å². The van der Waals surface area contributed by atoms with E-state index >= 15 is 0 Å². The van der Waals surface area contributed by atoms with Gasteiger partial charge in [-0.25, -0.2) is 9.97 Å². The smallest absolute Gasteiger partial charge is 0.208 e. The lowest BCUT2D eigenvalue weighted by atomic mass is 10.1. The van der Waals surface area contributed by atoms with Crippen LogP contribution in [0.5, 0.6) is 0 Å². The van der Waals surface area contributed by atoms with Gasteiger partial charge in [-0.05, 0) is 64.6 Å². The molecule has 0 aromatic carbocycles. The summed E-state index contributed by atoms with van der Waals surface area (Å²) < 4.78 is 14.2. The van der Waals surface area contributed by atoms with E-state index in [0.717, 1.165) is 18.4 Å². The minimum absolute atomic E-state index is 0.0848. The Balaban J connectivity index is 1.89. The zero-order chi connectivity index (χ0) is 30.8. The fraction of sp³-hybridized carbons (Fsp3) is 0.710. The molecular formula is C31H53N3O4SSi2. The third kappa shape index (κ3) is 7.56. The van der Waals surface area contributed by atoms with Gasteiger partial charge < -0.3 is 19.3 Å². The topological polar surface area (TPSA) is 93.6 Å². The molecule has 0 radical (unpaired) electrons. The lowest BCUT2D eigenvalue weighted by Gasteiger charge is -2.45. The second-order valence-corrected chi connectivity index (χ2v) is 25.3. The van der Waals surface area contributed by atoms with Gasteiger partial charge in [0, 0.05) is 24.8 Å². The molecule has 41 heavy (non-hydrogen) atoms. The quantitative estimate of drug-likeness (QED) is 0.173. The fourth-order valence-electron chi connectivity index (χ4n) is 6.24. The third-order valence-corrected chi connectivity index (χ3v) is 21.1. The highest BCUT2D eigenvalue weighted by Gasteiger charge is 2.50. The number of ketones is 1. The van der Waals surface area contributed by atoms with E-state index in [9.17, 15) is 9.90 Å². The second kappa shape index (κ2) is 13.5. The number of aromatic nitrogens is 2. The maximum atomic E-state index is 13.4. The first-order chi connectivity index (χ1) is 19.0. The zero-order valence-corrected chi connectivity index (χ0v) is 29.9. The molecule has 0 bridgehead atoms. The zero-order valence-electron chi connectivity index (χ0n) is 27.1. The highest BCUT2D eigenvalue weighted by atomic mass is 32.1. The first-order valence-electron chi connectivity index (χ1n) is 15.1. The summed E-state index contributed by atoms with van der Waals surface area (Å²) in [7, 11) is -4.04. The molecule has 1 saturated carbocycles. The van der Waals surface area contributed by atoms with Crippen LogP contribution in [-0.4, -0.2) is 56.2 Å². The Morgan fingerprint density at radius 2 is 1.76 bits per heavy atom. The van der Waals surface area contributed by atoms with Gasteiger partial charge in [0.05, 0.1) is 23.2 Å². The number of hydrogen-bond acceptors (Lipinski definition) is 8. The van der Waals surface area contributed by atoms with Crippen molar-refractivity contribution in [1.82, 2.24) is 9.97 Å². The van der Waals surface area contributed by atoms with Gasteiger partial charge in [0.15, 0.2) is 8.32 Å². The molecule has 0 saturated heterocycles. The summed E-state index contributed by atoms with van der Waals surface area (Å²) in [6.07, 6.45) is 4.90. The van der Waals surface area contributed by atoms with Gasteiger partial charge in [0.25, 0.3) is 0 Å². The Bertz CT molecular complexity index is 1140. The van der Waals surface area contributed by atoms with Gasteiger partial charge in [0.1, 0.15) is 12.1 Å². The number of carbonyl (C=O) groups is 1. The van der Waals surface area contributed by atoms with Crippen molar-refractivity contribution in [1.29, 1.82) is 0 Å². The summed E-state index contributed by atoms with van der Waals surface area (Å²) in [5, 5.41) is 15.0. The van der Waals surface area contributed by atoms with E-state index in [-0.39, 0.29) is 35.5 Å². The average Bonchev–Trinajstić information content (AvgIpc) is 3.51. The molecule has 3 rings (SSSR count). The van der Waals surface area contributed by atoms with Gasteiger partial charge in [-0.2, -0.15) is 0 Å². The number of hydrogen-bond donors (Lipinski definition) is 2. The van der Waals surface area contributed by atoms with Crippen LogP contribution >= 0.6 is 11.3 Å². The Morgan fingerprint density at radius 3 is 2.29 bits per heavy atom. The molecule has 0 aliphatic heterocycles. The van der Waals surface area contributed by atoms with Crippen LogP contribution in [0.3, 0.4) is 0 Å². The predicted octanol–water partition coefficient (Wildman–Crippen LogP) is 8.03. The standard InChI is InChI=1S/C31H53N3O4SSi2/c1-20(2)41(21(3)4,22(5)6)38-27-14-25(13-24(27)17-37-40(10,11)31(7,8)9)34-30-26(15-32-19-33-30)29(36)28-12-23(16-35)18-39-28/h12,15,18-22,24-25,27,35H,13-14,16-17H2,1-11H3,(H,32,33,34)/t24-,25-,27+/m1/s1. The van der Waals surface area contributed by atoms with E-state index in [1.165, 1.54) is 17.7 Å². The van der Waals surface area contributed by atoms with E-state index in [1.54, 1.807) is 12.3 Å². The van der Waals surface area contributed by atoms with E-state index in [4.69, 9.17) is 8.85 Å². The molecule has 1 aliphatic carbocycles. The lowest BCUT2D eigenvalue weighted by Crippen LogP contribution is -2.51. The molecule has 0 unspecified atom stereocenters. The number of rotatable bonds is 13. The molecule has 1 aliphatic rings.